The Morgan fingerprint density at radius 1 is 1.50 bits per heavy atom. The van der Waals surface area contributed by atoms with Crippen molar-refractivity contribution in [1.29, 1.82) is 0 Å². The highest BCUT2D eigenvalue weighted by Gasteiger charge is 2.24. The van der Waals surface area contributed by atoms with Crippen molar-refractivity contribution in [3.63, 3.8) is 0 Å². The maximum absolute atomic E-state index is 10.9. The maximum atomic E-state index is 10.9. The van der Waals surface area contributed by atoms with Gasteiger partial charge in [-0.3, -0.25) is 0 Å². The Labute approximate surface area is 90.1 Å². The minimum atomic E-state index is -1.11. The first-order chi connectivity index (χ1) is 7.75. The van der Waals surface area contributed by atoms with Gasteiger partial charge in [-0.1, -0.05) is 5.21 Å². The topological polar surface area (TPSA) is 93.8 Å². The Kier molecular flexibility index (Phi) is 1.85. The van der Waals surface area contributed by atoms with Crippen molar-refractivity contribution in [3.8, 4) is 0 Å². The number of carbonyl (C=O) groups is 1. The number of aromatic nitrogens is 5. The monoisotopic (exact) mass is 219 g/mol. The minimum absolute atomic E-state index is 0.0907. The molecule has 0 spiro atoms. The van der Waals surface area contributed by atoms with E-state index in [1.165, 1.54) is 19.2 Å². The lowest BCUT2D eigenvalue weighted by Gasteiger charge is -1.98. The Bertz CT molecular complexity index is 560. The lowest BCUT2D eigenvalue weighted by molar-refractivity contribution is 0.0692. The summed E-state index contributed by atoms with van der Waals surface area (Å²) in [5, 5.41) is 16.7. The molecule has 0 unspecified atom stereocenters. The van der Waals surface area contributed by atoms with Crippen LogP contribution in [0, 0.1) is 5.92 Å². The Balaban J connectivity index is 2.11. The van der Waals surface area contributed by atoms with Gasteiger partial charge in [-0.25, -0.2) is 19.4 Å². The first-order valence-corrected chi connectivity index (χ1v) is 5.03. The quantitative estimate of drug-likeness (QED) is 0.799. The summed E-state index contributed by atoms with van der Waals surface area (Å²) in [5.41, 5.74) is 0.669. The lowest BCUT2D eigenvalue weighted by atomic mass is 10.3. The number of fused-ring (bicyclic) bond motifs is 1. The van der Waals surface area contributed by atoms with Crippen LogP contribution in [0.25, 0.3) is 11.2 Å². The van der Waals surface area contributed by atoms with Crippen LogP contribution >= 0.6 is 0 Å². The molecule has 1 N–H and O–H groups in total. The highest BCUT2D eigenvalue weighted by molar-refractivity contribution is 5.97. The Morgan fingerprint density at radius 3 is 3.00 bits per heavy atom. The predicted octanol–water partition coefficient (Wildman–Crippen LogP) is 0.329. The fourth-order valence-electron chi connectivity index (χ4n) is 1.62. The molecule has 0 aliphatic heterocycles. The van der Waals surface area contributed by atoms with E-state index in [0.717, 1.165) is 6.54 Å². The van der Waals surface area contributed by atoms with Crippen molar-refractivity contribution in [3.05, 3.63) is 12.0 Å². The number of nitrogens with zero attached hydrogens (tertiary/aromatic N) is 5. The first kappa shape index (κ1) is 9.20. The third-order valence-electron chi connectivity index (χ3n) is 2.63. The molecular formula is C9H9N5O2. The lowest BCUT2D eigenvalue weighted by Crippen LogP contribution is -2.05. The van der Waals surface area contributed by atoms with Gasteiger partial charge < -0.3 is 5.11 Å². The molecule has 2 heterocycles. The zero-order valence-corrected chi connectivity index (χ0v) is 8.37. The number of rotatable bonds is 3. The van der Waals surface area contributed by atoms with Gasteiger partial charge in [0.15, 0.2) is 16.9 Å². The largest absolute Gasteiger partial charge is 0.476 e. The Morgan fingerprint density at radius 2 is 2.31 bits per heavy atom. The summed E-state index contributed by atoms with van der Waals surface area (Å²) < 4.78 is 1.65. The highest BCUT2D eigenvalue weighted by Crippen LogP contribution is 2.30. The van der Waals surface area contributed by atoms with E-state index in [4.69, 9.17) is 5.11 Å². The van der Waals surface area contributed by atoms with E-state index in [2.05, 4.69) is 20.3 Å². The summed E-state index contributed by atoms with van der Waals surface area (Å²) in [5.74, 6) is -0.473. The Hall–Kier alpha value is -2.05. The van der Waals surface area contributed by atoms with E-state index in [1.54, 1.807) is 4.68 Å². The standard InChI is InChI=1S/C9H9N5O2/c15-9(16)7-6-8(11-4-10-7)14(13-12-6)3-5-1-2-5/h4-5H,1-3H2,(H,15,16). The van der Waals surface area contributed by atoms with Gasteiger partial charge in [-0.15, -0.1) is 5.10 Å². The molecule has 7 heteroatoms. The summed E-state index contributed by atoms with van der Waals surface area (Å²) in [7, 11) is 0. The molecule has 2 aromatic heterocycles. The van der Waals surface area contributed by atoms with Crippen LogP contribution in [0.3, 0.4) is 0 Å². The van der Waals surface area contributed by atoms with E-state index >= 15 is 0 Å². The second kappa shape index (κ2) is 3.22. The van der Waals surface area contributed by atoms with E-state index in [9.17, 15) is 4.79 Å². The molecule has 3 rings (SSSR count). The van der Waals surface area contributed by atoms with Crippen LogP contribution in [0.1, 0.15) is 23.3 Å². The fraction of sp³-hybridized carbons (Fsp3) is 0.444. The van der Waals surface area contributed by atoms with Gasteiger partial charge in [0.1, 0.15) is 6.33 Å². The summed E-state index contributed by atoms with van der Waals surface area (Å²) in [4.78, 5) is 18.6. The number of hydrogen-bond donors (Lipinski definition) is 1. The highest BCUT2D eigenvalue weighted by atomic mass is 16.4. The number of carboxylic acids is 1. The molecule has 7 nitrogen and oxygen atoms in total. The van der Waals surface area contributed by atoms with Gasteiger partial charge in [-0.05, 0) is 18.8 Å². The molecule has 1 aliphatic rings. The molecule has 1 saturated carbocycles. The minimum Gasteiger partial charge on any atom is -0.476 e. The van der Waals surface area contributed by atoms with Crippen molar-refractivity contribution in [1.82, 2.24) is 25.0 Å². The average Bonchev–Trinajstić information content (AvgIpc) is 2.98. The third-order valence-corrected chi connectivity index (χ3v) is 2.63. The van der Waals surface area contributed by atoms with Crippen LogP contribution in [0.4, 0.5) is 0 Å². The molecule has 0 aromatic carbocycles. The number of hydrogen-bond acceptors (Lipinski definition) is 5. The normalized spacial score (nSPS) is 15.5. The molecule has 0 bridgehead atoms. The van der Waals surface area contributed by atoms with E-state index in [-0.39, 0.29) is 11.2 Å². The smallest absolute Gasteiger partial charge is 0.357 e. The van der Waals surface area contributed by atoms with E-state index in [1.807, 2.05) is 0 Å². The van der Waals surface area contributed by atoms with E-state index < -0.39 is 5.97 Å². The van der Waals surface area contributed by atoms with Gasteiger partial charge in [0.05, 0.1) is 0 Å². The van der Waals surface area contributed by atoms with Gasteiger partial charge in [-0.2, -0.15) is 0 Å². The molecule has 0 saturated heterocycles. The van der Waals surface area contributed by atoms with E-state index in [0.29, 0.717) is 11.6 Å². The van der Waals surface area contributed by atoms with Crippen molar-refractivity contribution in [2.75, 3.05) is 0 Å². The van der Waals surface area contributed by atoms with Crippen molar-refractivity contribution < 1.29 is 9.90 Å². The van der Waals surface area contributed by atoms with Crippen LogP contribution in [0.2, 0.25) is 0 Å². The molecule has 0 atom stereocenters. The molecule has 0 amide bonds. The molecule has 82 valence electrons. The first-order valence-electron chi connectivity index (χ1n) is 5.03. The summed E-state index contributed by atoms with van der Waals surface area (Å²) in [6.45, 7) is 0.757. The molecule has 1 aliphatic carbocycles. The van der Waals surface area contributed by atoms with Crippen LogP contribution in [0.5, 0.6) is 0 Å². The van der Waals surface area contributed by atoms with Crippen LogP contribution < -0.4 is 0 Å². The van der Waals surface area contributed by atoms with Gasteiger partial charge in [0.25, 0.3) is 0 Å². The van der Waals surface area contributed by atoms with Crippen LogP contribution in [-0.2, 0) is 6.54 Å². The van der Waals surface area contributed by atoms with Crippen molar-refractivity contribution >= 4 is 17.1 Å². The third kappa shape index (κ3) is 1.40. The number of aromatic carboxylic acids is 1. The number of carboxylic acid groups (broad SMARTS) is 1. The van der Waals surface area contributed by atoms with Crippen LogP contribution in [0.15, 0.2) is 6.33 Å². The molecule has 2 aromatic rings. The zero-order valence-electron chi connectivity index (χ0n) is 8.37. The SMILES string of the molecule is O=C(O)c1ncnc2c1nnn2CC1CC1. The summed E-state index contributed by atoms with van der Waals surface area (Å²) in [6, 6.07) is 0. The molecule has 16 heavy (non-hydrogen) atoms. The summed E-state index contributed by atoms with van der Waals surface area (Å²) >= 11 is 0. The van der Waals surface area contributed by atoms with Crippen molar-refractivity contribution in [2.24, 2.45) is 5.92 Å². The molecule has 0 radical (unpaired) electrons. The fourth-order valence-corrected chi connectivity index (χ4v) is 1.62. The van der Waals surface area contributed by atoms with Crippen LogP contribution in [-0.4, -0.2) is 36.0 Å². The van der Waals surface area contributed by atoms with Gasteiger partial charge in [0.2, 0.25) is 0 Å². The second-order valence-corrected chi connectivity index (χ2v) is 3.91. The maximum Gasteiger partial charge on any atom is 0.357 e. The van der Waals surface area contributed by atoms with Gasteiger partial charge in [0, 0.05) is 6.54 Å². The second-order valence-electron chi connectivity index (χ2n) is 3.91. The summed E-state index contributed by atoms with van der Waals surface area (Å²) in [6.07, 6.45) is 3.62. The molecular weight excluding hydrogens is 210 g/mol. The van der Waals surface area contributed by atoms with Crippen molar-refractivity contribution in [2.45, 2.75) is 19.4 Å². The average molecular weight is 219 g/mol. The zero-order chi connectivity index (χ0) is 11.1. The predicted molar refractivity (Wildman–Crippen MR) is 52.8 cm³/mol. The molecule has 1 fully saturated rings. The van der Waals surface area contributed by atoms with Gasteiger partial charge >= 0.3 is 5.97 Å².